The van der Waals surface area contributed by atoms with Crippen molar-refractivity contribution in [1.29, 1.82) is 0 Å². The summed E-state index contributed by atoms with van der Waals surface area (Å²) in [4.78, 5) is 8.39. The number of nitrogens with one attached hydrogen (secondary N) is 1. The van der Waals surface area contributed by atoms with E-state index in [1.165, 1.54) is 5.56 Å². The van der Waals surface area contributed by atoms with Crippen LogP contribution in [0.2, 0.25) is 0 Å². The molecular weight excluding hydrogens is 242 g/mol. The maximum atomic E-state index is 4.30. The highest BCUT2D eigenvalue weighted by molar-refractivity contribution is 7.99. The first-order chi connectivity index (χ1) is 8.81. The standard InChI is InChI=1S/C14H17N3S/c1-11(18-13-10-16-8-9-17-13)14(15-2)12-6-4-3-5-7-12/h3-11,14-15H,1-2H3. The predicted octanol–water partition coefficient (Wildman–Crippen LogP) is 2.92. The third kappa shape index (κ3) is 3.31. The van der Waals surface area contributed by atoms with Gasteiger partial charge < -0.3 is 5.32 Å². The average molecular weight is 259 g/mol. The van der Waals surface area contributed by atoms with E-state index in [0.717, 1.165) is 5.03 Å². The molecule has 0 aliphatic rings. The monoisotopic (exact) mass is 259 g/mol. The minimum Gasteiger partial charge on any atom is -0.312 e. The predicted molar refractivity (Wildman–Crippen MR) is 75.6 cm³/mol. The molecule has 0 bridgehead atoms. The minimum atomic E-state index is 0.304. The Balaban J connectivity index is 2.09. The number of benzene rings is 1. The van der Waals surface area contributed by atoms with Gasteiger partial charge in [0.15, 0.2) is 0 Å². The van der Waals surface area contributed by atoms with Gasteiger partial charge in [-0.2, -0.15) is 0 Å². The molecule has 0 spiro atoms. The van der Waals surface area contributed by atoms with Gasteiger partial charge in [0.2, 0.25) is 0 Å². The van der Waals surface area contributed by atoms with Crippen molar-refractivity contribution in [2.24, 2.45) is 0 Å². The highest BCUT2D eigenvalue weighted by Crippen LogP contribution is 2.30. The smallest absolute Gasteiger partial charge is 0.115 e. The van der Waals surface area contributed by atoms with Crippen LogP contribution in [0, 0.1) is 0 Å². The molecule has 0 saturated carbocycles. The van der Waals surface area contributed by atoms with Crippen LogP contribution in [-0.4, -0.2) is 22.3 Å². The first-order valence-electron chi connectivity index (χ1n) is 5.96. The Morgan fingerprint density at radius 3 is 2.56 bits per heavy atom. The van der Waals surface area contributed by atoms with Gasteiger partial charge in [-0.15, -0.1) is 0 Å². The number of hydrogen-bond acceptors (Lipinski definition) is 4. The number of thioether (sulfide) groups is 1. The lowest BCUT2D eigenvalue weighted by Gasteiger charge is -2.23. The lowest BCUT2D eigenvalue weighted by atomic mass is 10.0. The number of nitrogens with zero attached hydrogens (tertiary/aromatic N) is 2. The van der Waals surface area contributed by atoms with Crippen molar-refractivity contribution in [1.82, 2.24) is 15.3 Å². The van der Waals surface area contributed by atoms with Gasteiger partial charge in [-0.05, 0) is 12.6 Å². The van der Waals surface area contributed by atoms with Crippen molar-refractivity contribution in [3.63, 3.8) is 0 Å². The minimum absolute atomic E-state index is 0.304. The SMILES string of the molecule is CNC(c1ccccc1)C(C)Sc1cnccn1. The molecule has 2 rings (SSSR count). The molecular formula is C14H17N3S. The lowest BCUT2D eigenvalue weighted by Crippen LogP contribution is -2.25. The molecule has 1 aromatic carbocycles. The van der Waals surface area contributed by atoms with E-state index in [4.69, 9.17) is 0 Å². The maximum Gasteiger partial charge on any atom is 0.115 e. The lowest BCUT2D eigenvalue weighted by molar-refractivity contribution is 0.589. The molecule has 0 saturated heterocycles. The molecule has 4 heteroatoms. The highest BCUT2D eigenvalue weighted by Gasteiger charge is 2.18. The number of rotatable bonds is 5. The summed E-state index contributed by atoms with van der Waals surface area (Å²) in [5.41, 5.74) is 1.30. The second kappa shape index (κ2) is 6.52. The molecule has 3 nitrogen and oxygen atoms in total. The summed E-state index contributed by atoms with van der Waals surface area (Å²) in [5, 5.41) is 4.71. The third-order valence-corrected chi connectivity index (χ3v) is 3.88. The van der Waals surface area contributed by atoms with Crippen molar-refractivity contribution >= 4 is 11.8 Å². The Kier molecular flexibility index (Phi) is 4.73. The largest absolute Gasteiger partial charge is 0.312 e. The Morgan fingerprint density at radius 1 is 1.17 bits per heavy atom. The molecule has 1 heterocycles. The van der Waals surface area contributed by atoms with Crippen LogP contribution < -0.4 is 5.32 Å². The molecule has 0 amide bonds. The first-order valence-corrected chi connectivity index (χ1v) is 6.84. The van der Waals surface area contributed by atoms with E-state index in [-0.39, 0.29) is 0 Å². The summed E-state index contributed by atoms with van der Waals surface area (Å²) in [6.07, 6.45) is 5.23. The van der Waals surface area contributed by atoms with Gasteiger partial charge in [0.1, 0.15) is 5.03 Å². The zero-order valence-corrected chi connectivity index (χ0v) is 11.4. The zero-order valence-electron chi connectivity index (χ0n) is 10.6. The third-order valence-electron chi connectivity index (χ3n) is 2.79. The van der Waals surface area contributed by atoms with Crippen molar-refractivity contribution in [2.75, 3.05) is 7.05 Å². The van der Waals surface area contributed by atoms with Crippen LogP contribution >= 0.6 is 11.8 Å². The topological polar surface area (TPSA) is 37.8 Å². The fourth-order valence-corrected chi connectivity index (χ4v) is 2.99. The normalized spacial score (nSPS) is 14.1. The van der Waals surface area contributed by atoms with Crippen molar-refractivity contribution in [3.8, 4) is 0 Å². The van der Waals surface area contributed by atoms with Crippen molar-refractivity contribution in [3.05, 3.63) is 54.5 Å². The molecule has 0 aliphatic carbocycles. The van der Waals surface area contributed by atoms with Gasteiger partial charge in [0.05, 0.1) is 6.20 Å². The molecule has 0 aliphatic heterocycles. The van der Waals surface area contributed by atoms with Gasteiger partial charge in [0.25, 0.3) is 0 Å². The van der Waals surface area contributed by atoms with E-state index in [2.05, 4.69) is 46.5 Å². The summed E-state index contributed by atoms with van der Waals surface area (Å²) in [6, 6.07) is 10.8. The Morgan fingerprint density at radius 2 is 1.94 bits per heavy atom. The van der Waals surface area contributed by atoms with Crippen molar-refractivity contribution in [2.45, 2.75) is 23.2 Å². The van der Waals surface area contributed by atoms with Crippen LogP contribution in [0.3, 0.4) is 0 Å². The summed E-state index contributed by atoms with van der Waals surface area (Å²) < 4.78 is 0. The van der Waals surface area contributed by atoms with Crippen LogP contribution in [0.15, 0.2) is 53.9 Å². The maximum absolute atomic E-state index is 4.30. The van der Waals surface area contributed by atoms with Gasteiger partial charge in [-0.1, -0.05) is 49.0 Å². The highest BCUT2D eigenvalue weighted by atomic mass is 32.2. The molecule has 2 aromatic rings. The molecule has 1 N–H and O–H groups in total. The van der Waals surface area contributed by atoms with Crippen LogP contribution in [0.25, 0.3) is 0 Å². The molecule has 2 unspecified atom stereocenters. The Bertz CT molecular complexity index is 461. The van der Waals surface area contributed by atoms with E-state index in [0.29, 0.717) is 11.3 Å². The Labute approximate surface area is 112 Å². The molecule has 18 heavy (non-hydrogen) atoms. The first kappa shape index (κ1) is 13.1. The van der Waals surface area contributed by atoms with Gasteiger partial charge in [-0.3, -0.25) is 4.98 Å². The second-order valence-corrected chi connectivity index (χ2v) is 5.44. The van der Waals surface area contributed by atoms with E-state index >= 15 is 0 Å². The fraction of sp³-hybridized carbons (Fsp3) is 0.286. The van der Waals surface area contributed by atoms with Crippen LogP contribution in [0.1, 0.15) is 18.5 Å². The molecule has 0 radical (unpaired) electrons. The summed E-state index contributed by atoms with van der Waals surface area (Å²) in [7, 11) is 1.99. The fourth-order valence-electron chi connectivity index (χ4n) is 1.94. The van der Waals surface area contributed by atoms with Gasteiger partial charge >= 0.3 is 0 Å². The molecule has 2 atom stereocenters. The van der Waals surface area contributed by atoms with Gasteiger partial charge in [0, 0.05) is 23.7 Å². The number of aromatic nitrogens is 2. The summed E-state index contributed by atoms with van der Waals surface area (Å²) in [5.74, 6) is 0. The summed E-state index contributed by atoms with van der Waals surface area (Å²) in [6.45, 7) is 2.20. The average Bonchev–Trinajstić information content (AvgIpc) is 2.42. The molecule has 94 valence electrons. The van der Waals surface area contributed by atoms with E-state index in [1.54, 1.807) is 30.4 Å². The zero-order chi connectivity index (χ0) is 12.8. The van der Waals surface area contributed by atoms with Crippen LogP contribution in [0.5, 0.6) is 0 Å². The van der Waals surface area contributed by atoms with Crippen LogP contribution in [0.4, 0.5) is 0 Å². The molecule has 0 fully saturated rings. The van der Waals surface area contributed by atoms with Crippen molar-refractivity contribution < 1.29 is 0 Å². The van der Waals surface area contributed by atoms with E-state index < -0.39 is 0 Å². The number of hydrogen-bond donors (Lipinski definition) is 1. The second-order valence-electron chi connectivity index (χ2n) is 4.04. The van der Waals surface area contributed by atoms with Crippen LogP contribution in [-0.2, 0) is 0 Å². The summed E-state index contributed by atoms with van der Waals surface area (Å²) >= 11 is 1.73. The Hall–Kier alpha value is -1.39. The van der Waals surface area contributed by atoms with Gasteiger partial charge in [-0.25, -0.2) is 4.98 Å². The van der Waals surface area contributed by atoms with E-state index in [9.17, 15) is 0 Å². The van der Waals surface area contributed by atoms with E-state index in [1.807, 2.05) is 13.1 Å². The molecule has 1 aromatic heterocycles. The quantitative estimate of drug-likeness (QED) is 0.838.